The Kier molecular flexibility index (Phi) is 2.22. The van der Waals surface area contributed by atoms with Crippen LogP contribution in [0.1, 0.15) is 61.5 Å². The van der Waals surface area contributed by atoms with E-state index in [1.807, 2.05) is 6.07 Å². The minimum absolute atomic E-state index is 0.167. The SMILES string of the molecule is CC1CC(=O)c2ccc(C(C)(C)C)cc21. The molecule has 1 aliphatic carbocycles. The standard InChI is InChI=1S/C14H18O/c1-9-7-13(15)11-6-5-10(8-12(9)11)14(2,3)4/h5-6,8-9H,7H2,1-4H3. The average molecular weight is 202 g/mol. The summed E-state index contributed by atoms with van der Waals surface area (Å²) in [5.41, 5.74) is 3.67. The van der Waals surface area contributed by atoms with Crippen molar-refractivity contribution in [1.29, 1.82) is 0 Å². The first-order chi connectivity index (χ1) is 6.89. The predicted molar refractivity (Wildman–Crippen MR) is 62.5 cm³/mol. The minimum Gasteiger partial charge on any atom is -0.294 e. The van der Waals surface area contributed by atoms with Crippen molar-refractivity contribution >= 4 is 5.78 Å². The van der Waals surface area contributed by atoms with Crippen LogP contribution < -0.4 is 0 Å². The molecule has 15 heavy (non-hydrogen) atoms. The fraction of sp³-hybridized carbons (Fsp3) is 0.500. The van der Waals surface area contributed by atoms with E-state index < -0.39 is 0 Å². The van der Waals surface area contributed by atoms with Crippen molar-refractivity contribution < 1.29 is 4.79 Å². The largest absolute Gasteiger partial charge is 0.294 e. The van der Waals surface area contributed by atoms with Crippen LogP contribution in [0.25, 0.3) is 0 Å². The maximum atomic E-state index is 11.6. The molecular weight excluding hydrogens is 184 g/mol. The minimum atomic E-state index is 0.167. The highest BCUT2D eigenvalue weighted by Gasteiger charge is 2.27. The van der Waals surface area contributed by atoms with E-state index in [1.54, 1.807) is 0 Å². The third-order valence-corrected chi connectivity index (χ3v) is 3.24. The molecule has 0 spiro atoms. The van der Waals surface area contributed by atoms with E-state index in [0.717, 1.165) is 5.56 Å². The van der Waals surface area contributed by atoms with Gasteiger partial charge in [-0.15, -0.1) is 0 Å². The van der Waals surface area contributed by atoms with Gasteiger partial charge in [0.25, 0.3) is 0 Å². The first-order valence-corrected chi connectivity index (χ1v) is 5.57. The number of carbonyl (C=O) groups is 1. The van der Waals surface area contributed by atoms with Crippen LogP contribution in [-0.4, -0.2) is 5.78 Å². The molecule has 1 aromatic rings. The number of fused-ring (bicyclic) bond motifs is 1. The molecule has 0 amide bonds. The molecule has 80 valence electrons. The van der Waals surface area contributed by atoms with E-state index in [4.69, 9.17) is 0 Å². The molecule has 0 aromatic heterocycles. The normalized spacial score (nSPS) is 20.5. The van der Waals surface area contributed by atoms with Gasteiger partial charge in [-0.3, -0.25) is 4.79 Å². The molecule has 0 saturated heterocycles. The monoisotopic (exact) mass is 202 g/mol. The zero-order chi connectivity index (χ0) is 11.2. The van der Waals surface area contributed by atoms with Crippen molar-refractivity contribution in [2.45, 2.75) is 45.4 Å². The third-order valence-electron chi connectivity index (χ3n) is 3.24. The van der Waals surface area contributed by atoms with Crippen LogP contribution in [-0.2, 0) is 5.41 Å². The van der Waals surface area contributed by atoms with Crippen molar-refractivity contribution in [2.24, 2.45) is 0 Å². The summed E-state index contributed by atoms with van der Waals surface area (Å²) >= 11 is 0. The van der Waals surface area contributed by atoms with Gasteiger partial charge in [-0.2, -0.15) is 0 Å². The lowest BCUT2D eigenvalue weighted by molar-refractivity contribution is 0.0990. The molecule has 2 rings (SSSR count). The fourth-order valence-electron chi connectivity index (χ4n) is 2.19. The molecule has 1 unspecified atom stereocenters. The van der Waals surface area contributed by atoms with E-state index in [0.29, 0.717) is 18.1 Å². The average Bonchev–Trinajstić information content (AvgIpc) is 2.41. The highest BCUT2D eigenvalue weighted by molar-refractivity contribution is 6.01. The van der Waals surface area contributed by atoms with Gasteiger partial charge in [-0.1, -0.05) is 45.9 Å². The maximum absolute atomic E-state index is 11.6. The molecule has 1 heteroatoms. The van der Waals surface area contributed by atoms with Gasteiger partial charge in [0, 0.05) is 12.0 Å². The first-order valence-electron chi connectivity index (χ1n) is 5.57. The van der Waals surface area contributed by atoms with Crippen molar-refractivity contribution in [2.75, 3.05) is 0 Å². The van der Waals surface area contributed by atoms with Gasteiger partial charge < -0.3 is 0 Å². The first kappa shape index (κ1) is 10.4. The highest BCUT2D eigenvalue weighted by Crippen LogP contribution is 2.35. The summed E-state index contributed by atoms with van der Waals surface area (Å²) in [6.45, 7) is 8.75. The molecular formula is C14H18O. The summed E-state index contributed by atoms with van der Waals surface area (Å²) in [5, 5.41) is 0. The van der Waals surface area contributed by atoms with Crippen LogP contribution in [0.4, 0.5) is 0 Å². The number of hydrogen-bond acceptors (Lipinski definition) is 1. The van der Waals surface area contributed by atoms with Gasteiger partial charge in [0.05, 0.1) is 0 Å². The van der Waals surface area contributed by atoms with Crippen LogP contribution in [0.2, 0.25) is 0 Å². The van der Waals surface area contributed by atoms with Crippen LogP contribution in [0.3, 0.4) is 0 Å². The molecule has 0 radical (unpaired) electrons. The smallest absolute Gasteiger partial charge is 0.163 e. The summed E-state index contributed by atoms with van der Waals surface area (Å²) in [7, 11) is 0. The van der Waals surface area contributed by atoms with E-state index in [-0.39, 0.29) is 5.41 Å². The molecule has 0 N–H and O–H groups in total. The molecule has 0 saturated carbocycles. The lowest BCUT2D eigenvalue weighted by atomic mass is 9.85. The number of carbonyl (C=O) groups excluding carboxylic acids is 1. The van der Waals surface area contributed by atoms with E-state index in [9.17, 15) is 4.79 Å². The Morgan fingerprint density at radius 2 is 1.93 bits per heavy atom. The van der Waals surface area contributed by atoms with E-state index >= 15 is 0 Å². The molecule has 1 aliphatic rings. The lowest BCUT2D eigenvalue weighted by Gasteiger charge is -2.20. The molecule has 0 heterocycles. The number of hydrogen-bond donors (Lipinski definition) is 0. The summed E-state index contributed by atoms with van der Waals surface area (Å²) in [4.78, 5) is 11.6. The van der Waals surface area contributed by atoms with Crippen LogP contribution >= 0.6 is 0 Å². The highest BCUT2D eigenvalue weighted by atomic mass is 16.1. The molecule has 0 bridgehead atoms. The topological polar surface area (TPSA) is 17.1 Å². The molecule has 0 fully saturated rings. The summed E-state index contributed by atoms with van der Waals surface area (Å²) < 4.78 is 0. The van der Waals surface area contributed by atoms with Crippen LogP contribution in [0, 0.1) is 0 Å². The number of Topliss-reactive ketones (excluding diaryl/α,β-unsaturated/α-hetero) is 1. The summed E-state index contributed by atoms with van der Waals surface area (Å²) in [5.74, 6) is 0.702. The van der Waals surface area contributed by atoms with Gasteiger partial charge in [-0.05, 0) is 22.5 Å². The van der Waals surface area contributed by atoms with Crippen molar-refractivity contribution in [3.63, 3.8) is 0 Å². The molecule has 1 aromatic carbocycles. The quantitative estimate of drug-likeness (QED) is 0.627. The molecule has 0 aliphatic heterocycles. The van der Waals surface area contributed by atoms with Gasteiger partial charge in [-0.25, -0.2) is 0 Å². The fourth-order valence-corrected chi connectivity index (χ4v) is 2.19. The zero-order valence-corrected chi connectivity index (χ0v) is 9.92. The number of rotatable bonds is 0. The Bertz CT molecular complexity index is 410. The second kappa shape index (κ2) is 3.19. The van der Waals surface area contributed by atoms with Crippen molar-refractivity contribution in [1.82, 2.24) is 0 Å². The molecule has 1 nitrogen and oxygen atoms in total. The van der Waals surface area contributed by atoms with Gasteiger partial charge in [0.1, 0.15) is 0 Å². The zero-order valence-electron chi connectivity index (χ0n) is 9.92. The summed E-state index contributed by atoms with van der Waals surface area (Å²) in [6, 6.07) is 6.31. The van der Waals surface area contributed by atoms with Crippen molar-refractivity contribution in [3.8, 4) is 0 Å². The Morgan fingerprint density at radius 3 is 2.53 bits per heavy atom. The second-order valence-electron chi connectivity index (χ2n) is 5.58. The van der Waals surface area contributed by atoms with Crippen molar-refractivity contribution in [3.05, 3.63) is 34.9 Å². The van der Waals surface area contributed by atoms with Gasteiger partial charge in [0.15, 0.2) is 5.78 Å². The van der Waals surface area contributed by atoms with Crippen LogP contribution in [0.15, 0.2) is 18.2 Å². The second-order valence-corrected chi connectivity index (χ2v) is 5.58. The van der Waals surface area contributed by atoms with E-state index in [1.165, 1.54) is 11.1 Å². The Labute approximate surface area is 91.5 Å². The number of ketones is 1. The number of benzene rings is 1. The summed E-state index contributed by atoms with van der Waals surface area (Å²) in [6.07, 6.45) is 0.683. The Morgan fingerprint density at radius 1 is 1.27 bits per heavy atom. The van der Waals surface area contributed by atoms with Crippen LogP contribution in [0.5, 0.6) is 0 Å². The maximum Gasteiger partial charge on any atom is 0.163 e. The molecule has 1 atom stereocenters. The Balaban J connectivity index is 2.52. The van der Waals surface area contributed by atoms with Gasteiger partial charge in [0.2, 0.25) is 0 Å². The van der Waals surface area contributed by atoms with E-state index in [2.05, 4.69) is 39.8 Å². The third kappa shape index (κ3) is 1.71. The predicted octanol–water partition coefficient (Wildman–Crippen LogP) is 3.67. The lowest BCUT2D eigenvalue weighted by Crippen LogP contribution is -2.11. The van der Waals surface area contributed by atoms with Gasteiger partial charge >= 0.3 is 0 Å². The Hall–Kier alpha value is -1.11.